The van der Waals surface area contributed by atoms with E-state index in [1.807, 2.05) is 12.1 Å². The standard InChI is InChI=1S/C29H34FN3O2/c30-12-2-13-33-14-11-26(19-33)35-25-8-5-20(6-9-25)29-27(22-16-24(34)18-32-17-22)4-1-3-21-15-23(31)7-10-28(21)29/h5-10,15-16,18,26,32,34H,1-4,11-14,17,19,31H2. The zero-order chi connectivity index (χ0) is 24.2. The van der Waals surface area contributed by atoms with E-state index in [0.717, 1.165) is 67.9 Å². The van der Waals surface area contributed by atoms with E-state index < -0.39 is 0 Å². The van der Waals surface area contributed by atoms with Gasteiger partial charge >= 0.3 is 0 Å². The maximum Gasteiger partial charge on any atom is 0.131 e. The third-order valence-electron chi connectivity index (χ3n) is 7.11. The van der Waals surface area contributed by atoms with Gasteiger partial charge in [0.05, 0.1) is 6.67 Å². The second kappa shape index (κ2) is 10.6. The number of aliphatic hydroxyl groups excluding tert-OH is 1. The number of likely N-dealkylation sites (tertiary alicyclic amines) is 1. The molecule has 35 heavy (non-hydrogen) atoms. The van der Waals surface area contributed by atoms with Gasteiger partial charge in [-0.05, 0) is 95.9 Å². The summed E-state index contributed by atoms with van der Waals surface area (Å²) in [6.07, 6.45) is 8.15. The molecule has 2 heterocycles. The van der Waals surface area contributed by atoms with Crippen LogP contribution in [-0.4, -0.2) is 49.0 Å². The Hall–Kier alpha value is -3.25. The van der Waals surface area contributed by atoms with Crippen LogP contribution in [0.15, 0.2) is 71.6 Å². The molecule has 0 aromatic heterocycles. The maximum atomic E-state index is 12.5. The number of anilines is 1. The number of aryl methyl sites for hydroxylation is 1. The monoisotopic (exact) mass is 475 g/mol. The minimum atomic E-state index is -0.264. The molecule has 4 N–H and O–H groups in total. The number of allylic oxidation sites excluding steroid dienone is 1. The molecule has 3 aliphatic rings. The van der Waals surface area contributed by atoms with E-state index in [1.54, 1.807) is 6.20 Å². The summed E-state index contributed by atoms with van der Waals surface area (Å²) in [4.78, 5) is 2.28. The molecule has 0 amide bonds. The number of hydrogen-bond acceptors (Lipinski definition) is 5. The minimum absolute atomic E-state index is 0.144. The van der Waals surface area contributed by atoms with E-state index in [9.17, 15) is 9.50 Å². The fourth-order valence-electron chi connectivity index (χ4n) is 5.46. The molecular weight excluding hydrogens is 441 g/mol. The Labute approximate surface area is 206 Å². The first kappa shape index (κ1) is 23.5. The molecule has 0 radical (unpaired) electrons. The number of aliphatic hydroxyl groups is 1. The number of halogens is 1. The van der Waals surface area contributed by atoms with E-state index in [-0.39, 0.29) is 18.5 Å². The number of dihydropyridines is 1. The Bertz CT molecular complexity index is 1150. The van der Waals surface area contributed by atoms with Crippen molar-refractivity contribution < 1.29 is 14.2 Å². The van der Waals surface area contributed by atoms with Crippen LogP contribution in [0.3, 0.4) is 0 Å². The summed E-state index contributed by atoms with van der Waals surface area (Å²) in [5.74, 6) is 1.11. The van der Waals surface area contributed by atoms with Crippen molar-refractivity contribution in [2.75, 3.05) is 38.6 Å². The van der Waals surface area contributed by atoms with Crippen LogP contribution in [0.5, 0.6) is 5.75 Å². The highest BCUT2D eigenvalue weighted by atomic mass is 19.1. The number of nitrogens with one attached hydrogen (secondary N) is 1. The normalized spacial score (nSPS) is 20.5. The molecule has 0 bridgehead atoms. The van der Waals surface area contributed by atoms with Crippen LogP contribution >= 0.6 is 0 Å². The summed E-state index contributed by atoms with van der Waals surface area (Å²) in [5.41, 5.74) is 14.1. The Morgan fingerprint density at radius 2 is 2.00 bits per heavy atom. The summed E-state index contributed by atoms with van der Waals surface area (Å²) in [5, 5.41) is 13.3. The second-order valence-electron chi connectivity index (χ2n) is 9.64. The van der Waals surface area contributed by atoms with Crippen LogP contribution in [-0.2, 0) is 6.42 Å². The third-order valence-corrected chi connectivity index (χ3v) is 7.11. The van der Waals surface area contributed by atoms with Gasteiger partial charge < -0.3 is 20.9 Å². The zero-order valence-corrected chi connectivity index (χ0v) is 20.1. The number of benzene rings is 2. The van der Waals surface area contributed by atoms with Gasteiger partial charge in [0.1, 0.15) is 17.6 Å². The lowest BCUT2D eigenvalue weighted by Crippen LogP contribution is -2.26. The molecule has 1 saturated heterocycles. The van der Waals surface area contributed by atoms with Crippen molar-refractivity contribution in [3.8, 4) is 5.75 Å². The first-order valence-electron chi connectivity index (χ1n) is 12.6. The average Bonchev–Trinajstić information content (AvgIpc) is 3.22. The number of alkyl halides is 1. The van der Waals surface area contributed by atoms with E-state index in [0.29, 0.717) is 13.0 Å². The molecule has 184 valence electrons. The summed E-state index contributed by atoms with van der Waals surface area (Å²) in [6.45, 7) is 3.04. The molecule has 5 nitrogen and oxygen atoms in total. The Kier molecular flexibility index (Phi) is 7.09. The number of ether oxygens (including phenoxy) is 1. The van der Waals surface area contributed by atoms with Crippen molar-refractivity contribution in [2.45, 2.75) is 38.2 Å². The van der Waals surface area contributed by atoms with E-state index in [1.165, 1.54) is 22.3 Å². The van der Waals surface area contributed by atoms with Crippen LogP contribution in [0, 0.1) is 0 Å². The molecule has 2 aliphatic heterocycles. The molecular formula is C29H34FN3O2. The SMILES string of the molecule is Nc1ccc2c(c1)CCCC(C1=CC(O)=CNC1)=C2c1ccc(OC2CCN(CCCF)C2)cc1. The fraction of sp³-hybridized carbons (Fsp3) is 0.379. The highest BCUT2D eigenvalue weighted by Gasteiger charge is 2.25. The van der Waals surface area contributed by atoms with E-state index >= 15 is 0 Å². The van der Waals surface area contributed by atoms with Gasteiger partial charge in [-0.1, -0.05) is 18.2 Å². The van der Waals surface area contributed by atoms with Crippen molar-refractivity contribution in [1.82, 2.24) is 10.2 Å². The molecule has 1 unspecified atom stereocenters. The fourth-order valence-corrected chi connectivity index (χ4v) is 5.46. The van der Waals surface area contributed by atoms with Crippen molar-refractivity contribution in [1.29, 1.82) is 0 Å². The van der Waals surface area contributed by atoms with E-state index in [4.69, 9.17) is 10.5 Å². The van der Waals surface area contributed by atoms with Gasteiger partial charge in [-0.3, -0.25) is 9.29 Å². The molecule has 1 fully saturated rings. The maximum absolute atomic E-state index is 12.5. The van der Waals surface area contributed by atoms with Gasteiger partial charge in [0, 0.05) is 38.1 Å². The first-order valence-corrected chi connectivity index (χ1v) is 12.6. The van der Waals surface area contributed by atoms with Gasteiger partial charge in [-0.15, -0.1) is 0 Å². The number of fused-ring (bicyclic) bond motifs is 1. The summed E-state index contributed by atoms with van der Waals surface area (Å²) in [7, 11) is 0. The van der Waals surface area contributed by atoms with Crippen LogP contribution in [0.25, 0.3) is 5.57 Å². The van der Waals surface area contributed by atoms with Gasteiger partial charge in [-0.25, -0.2) is 0 Å². The molecule has 5 rings (SSSR count). The first-order chi connectivity index (χ1) is 17.1. The minimum Gasteiger partial charge on any atom is -0.506 e. The number of rotatable bonds is 7. The summed E-state index contributed by atoms with van der Waals surface area (Å²) < 4.78 is 18.8. The van der Waals surface area contributed by atoms with E-state index in [2.05, 4.69) is 46.6 Å². The van der Waals surface area contributed by atoms with Crippen molar-refractivity contribution in [3.63, 3.8) is 0 Å². The van der Waals surface area contributed by atoms with Gasteiger partial charge in [-0.2, -0.15) is 0 Å². The smallest absolute Gasteiger partial charge is 0.131 e. The van der Waals surface area contributed by atoms with Crippen LogP contribution in [0.1, 0.15) is 42.4 Å². The van der Waals surface area contributed by atoms with Crippen LogP contribution in [0.4, 0.5) is 10.1 Å². The van der Waals surface area contributed by atoms with Gasteiger partial charge in [0.2, 0.25) is 0 Å². The molecule has 0 saturated carbocycles. The lowest BCUT2D eigenvalue weighted by molar-refractivity contribution is 0.198. The topological polar surface area (TPSA) is 70.8 Å². The number of nitrogens with zero attached hydrogens (tertiary/aromatic N) is 1. The quantitative estimate of drug-likeness (QED) is 0.483. The van der Waals surface area contributed by atoms with Gasteiger partial charge in [0.15, 0.2) is 0 Å². The number of hydrogen-bond donors (Lipinski definition) is 3. The average molecular weight is 476 g/mol. The van der Waals surface area contributed by atoms with Crippen LogP contribution < -0.4 is 15.8 Å². The zero-order valence-electron chi connectivity index (χ0n) is 20.1. The largest absolute Gasteiger partial charge is 0.506 e. The summed E-state index contributed by atoms with van der Waals surface area (Å²) >= 11 is 0. The molecule has 0 spiro atoms. The number of nitrogens with two attached hydrogens (primary N) is 1. The Balaban J connectivity index is 1.45. The van der Waals surface area contributed by atoms with Crippen molar-refractivity contribution in [3.05, 3.63) is 88.3 Å². The molecule has 6 heteroatoms. The Morgan fingerprint density at radius 3 is 2.80 bits per heavy atom. The predicted octanol–water partition coefficient (Wildman–Crippen LogP) is 5.15. The van der Waals surface area contributed by atoms with Gasteiger partial charge in [0.25, 0.3) is 0 Å². The summed E-state index contributed by atoms with van der Waals surface area (Å²) in [6, 6.07) is 14.6. The molecule has 2 aromatic carbocycles. The van der Waals surface area contributed by atoms with Crippen molar-refractivity contribution >= 4 is 11.3 Å². The van der Waals surface area contributed by atoms with Crippen LogP contribution in [0.2, 0.25) is 0 Å². The Morgan fingerprint density at radius 1 is 1.14 bits per heavy atom. The third kappa shape index (κ3) is 5.38. The predicted molar refractivity (Wildman–Crippen MR) is 139 cm³/mol. The van der Waals surface area contributed by atoms with Crippen molar-refractivity contribution in [2.24, 2.45) is 0 Å². The lowest BCUT2D eigenvalue weighted by atomic mass is 9.87. The lowest BCUT2D eigenvalue weighted by Gasteiger charge is -2.21. The highest BCUT2D eigenvalue weighted by Crippen LogP contribution is 2.39. The highest BCUT2D eigenvalue weighted by molar-refractivity contribution is 5.87. The second-order valence-corrected chi connectivity index (χ2v) is 9.64. The number of nitrogen functional groups attached to an aromatic ring is 1. The molecule has 1 atom stereocenters. The molecule has 1 aliphatic carbocycles. The molecule has 2 aromatic rings.